The average Bonchev–Trinajstić information content (AvgIpc) is 3.26. The van der Waals surface area contributed by atoms with E-state index in [-0.39, 0.29) is 0 Å². The van der Waals surface area contributed by atoms with Gasteiger partial charge in [-0.15, -0.1) is 0 Å². The molecule has 0 amide bonds. The van der Waals surface area contributed by atoms with Gasteiger partial charge in [-0.2, -0.15) is 0 Å². The molecule has 0 unspecified atom stereocenters. The predicted octanol–water partition coefficient (Wildman–Crippen LogP) is 7.13. The van der Waals surface area contributed by atoms with Crippen LogP contribution in [0.25, 0.3) is 22.6 Å². The Morgan fingerprint density at radius 2 is 1.68 bits per heavy atom. The minimum absolute atomic E-state index is 0.395. The van der Waals surface area contributed by atoms with Crippen molar-refractivity contribution >= 4 is 5.97 Å². The highest BCUT2D eigenvalue weighted by molar-refractivity contribution is 5.77. The van der Waals surface area contributed by atoms with E-state index >= 15 is 0 Å². The van der Waals surface area contributed by atoms with E-state index < -0.39 is 11.6 Å². The second-order valence-corrected chi connectivity index (χ2v) is 9.50. The van der Waals surface area contributed by atoms with Crippen molar-refractivity contribution in [2.24, 2.45) is 0 Å². The highest BCUT2D eigenvalue weighted by Crippen LogP contribution is 2.30. The van der Waals surface area contributed by atoms with Gasteiger partial charge >= 0.3 is 5.97 Å². The lowest BCUT2D eigenvalue weighted by Crippen LogP contribution is -2.38. The zero-order valence-corrected chi connectivity index (χ0v) is 21.8. The Morgan fingerprint density at radius 3 is 2.41 bits per heavy atom. The van der Waals surface area contributed by atoms with Crippen molar-refractivity contribution in [3.8, 4) is 34.1 Å². The fourth-order valence-corrected chi connectivity index (χ4v) is 4.03. The molecule has 1 aromatic heterocycles. The first-order valence-electron chi connectivity index (χ1n) is 12.6. The van der Waals surface area contributed by atoms with Crippen LogP contribution in [0.1, 0.15) is 44.2 Å². The van der Waals surface area contributed by atoms with Crippen LogP contribution in [0.5, 0.6) is 11.5 Å². The molecule has 0 aliphatic rings. The summed E-state index contributed by atoms with van der Waals surface area (Å²) in [5, 5.41) is 9.47. The Labute approximate surface area is 217 Å². The van der Waals surface area contributed by atoms with E-state index in [9.17, 15) is 9.90 Å². The smallest absolute Gasteiger partial charge is 0.347 e. The minimum atomic E-state index is -1.34. The Hall–Kier alpha value is -4.06. The van der Waals surface area contributed by atoms with Crippen molar-refractivity contribution in [3.05, 3.63) is 89.8 Å². The van der Waals surface area contributed by atoms with Crippen molar-refractivity contribution in [1.29, 1.82) is 0 Å². The third-order valence-electron chi connectivity index (χ3n) is 6.16. The van der Waals surface area contributed by atoms with Crippen molar-refractivity contribution in [2.75, 3.05) is 6.61 Å². The molecular formula is C31H33NO5. The molecule has 1 N–H and O–H groups in total. The molecule has 1 heterocycles. The van der Waals surface area contributed by atoms with Crippen LogP contribution in [0.15, 0.2) is 77.2 Å². The first-order chi connectivity index (χ1) is 17.8. The zero-order chi connectivity index (χ0) is 26.4. The van der Waals surface area contributed by atoms with Crippen molar-refractivity contribution in [2.45, 2.75) is 52.6 Å². The van der Waals surface area contributed by atoms with Crippen LogP contribution >= 0.6 is 0 Å². The van der Waals surface area contributed by atoms with Gasteiger partial charge in [0.15, 0.2) is 5.60 Å². The molecular weight excluding hydrogens is 466 g/mol. The summed E-state index contributed by atoms with van der Waals surface area (Å²) >= 11 is 0. The van der Waals surface area contributed by atoms with E-state index in [4.69, 9.17) is 18.9 Å². The number of aromatic nitrogens is 1. The SMILES string of the molecule is CCCc1ccc(OCCc2nc(-c3cccc(-c4ccccc4)c3)oc2C)cc1OC(C)(C)C(=O)O. The van der Waals surface area contributed by atoms with E-state index in [1.54, 1.807) is 19.9 Å². The number of benzene rings is 3. The van der Waals surface area contributed by atoms with Crippen LogP contribution in [0, 0.1) is 6.92 Å². The Morgan fingerprint density at radius 1 is 0.946 bits per heavy atom. The fourth-order valence-electron chi connectivity index (χ4n) is 4.03. The molecule has 0 spiro atoms. The maximum absolute atomic E-state index is 11.6. The fraction of sp³-hybridized carbons (Fsp3) is 0.290. The topological polar surface area (TPSA) is 81.8 Å². The van der Waals surface area contributed by atoms with Gasteiger partial charge in [-0.3, -0.25) is 0 Å². The Bertz CT molecular complexity index is 1360. The van der Waals surface area contributed by atoms with Crippen LogP contribution in [0.4, 0.5) is 0 Å². The third-order valence-corrected chi connectivity index (χ3v) is 6.16. The molecule has 4 aromatic rings. The van der Waals surface area contributed by atoms with Crippen LogP contribution in [0.3, 0.4) is 0 Å². The summed E-state index contributed by atoms with van der Waals surface area (Å²) in [6.07, 6.45) is 2.28. The number of carboxylic acid groups (broad SMARTS) is 1. The predicted molar refractivity (Wildman–Crippen MR) is 144 cm³/mol. The van der Waals surface area contributed by atoms with E-state index in [0.29, 0.717) is 30.4 Å². The molecule has 0 radical (unpaired) electrons. The Balaban J connectivity index is 1.45. The van der Waals surface area contributed by atoms with Crippen LogP contribution in [-0.4, -0.2) is 28.3 Å². The Kier molecular flexibility index (Phi) is 7.97. The summed E-state index contributed by atoms with van der Waals surface area (Å²) in [5.41, 5.74) is 3.62. The molecule has 0 fully saturated rings. The number of ether oxygens (including phenoxy) is 2. The monoisotopic (exact) mass is 499 g/mol. The summed E-state index contributed by atoms with van der Waals surface area (Å²) in [5.74, 6) is 1.47. The molecule has 0 aliphatic carbocycles. The number of carbonyl (C=O) groups is 1. The number of hydrogen-bond donors (Lipinski definition) is 1. The van der Waals surface area contributed by atoms with E-state index in [0.717, 1.165) is 46.5 Å². The number of nitrogens with zero attached hydrogens (tertiary/aromatic N) is 1. The molecule has 0 saturated carbocycles. The lowest BCUT2D eigenvalue weighted by atomic mass is 10.0. The van der Waals surface area contributed by atoms with E-state index in [1.165, 1.54) is 0 Å². The maximum Gasteiger partial charge on any atom is 0.347 e. The van der Waals surface area contributed by atoms with Gasteiger partial charge in [-0.05, 0) is 62.1 Å². The van der Waals surface area contributed by atoms with Gasteiger partial charge in [-0.1, -0.05) is 61.9 Å². The van der Waals surface area contributed by atoms with Crippen molar-refractivity contribution < 1.29 is 23.8 Å². The summed E-state index contributed by atoms with van der Waals surface area (Å²) in [4.78, 5) is 16.3. The van der Waals surface area contributed by atoms with Crippen LogP contribution in [-0.2, 0) is 17.6 Å². The molecule has 6 heteroatoms. The van der Waals surface area contributed by atoms with Crippen molar-refractivity contribution in [3.63, 3.8) is 0 Å². The number of oxazole rings is 1. The number of rotatable bonds is 11. The van der Waals surface area contributed by atoms with Gasteiger partial charge in [-0.25, -0.2) is 9.78 Å². The molecule has 0 aliphatic heterocycles. The number of aryl methyl sites for hydroxylation is 2. The van der Waals surface area contributed by atoms with E-state index in [2.05, 4.69) is 31.2 Å². The average molecular weight is 500 g/mol. The molecule has 0 bridgehead atoms. The molecule has 3 aromatic carbocycles. The second kappa shape index (κ2) is 11.3. The molecule has 0 atom stereocenters. The molecule has 192 valence electrons. The number of aliphatic carboxylic acids is 1. The third kappa shape index (κ3) is 6.39. The van der Waals surface area contributed by atoms with Gasteiger partial charge < -0.3 is 19.0 Å². The number of hydrogen-bond acceptors (Lipinski definition) is 5. The standard InChI is InChI=1S/C31H33NO5/c1-5-10-23-15-16-26(20-28(23)37-31(3,4)30(33)34)35-18-17-27-21(2)36-29(32-27)25-14-9-13-24(19-25)22-11-7-6-8-12-22/h6-9,11-16,19-20H,5,10,17-18H2,1-4H3,(H,33,34). The van der Waals surface area contributed by atoms with Gasteiger partial charge in [0.05, 0.1) is 12.3 Å². The van der Waals surface area contributed by atoms with Gasteiger partial charge in [0.2, 0.25) is 5.89 Å². The van der Waals surface area contributed by atoms with E-state index in [1.807, 2.05) is 49.4 Å². The first-order valence-corrected chi connectivity index (χ1v) is 12.6. The van der Waals surface area contributed by atoms with Crippen LogP contribution < -0.4 is 9.47 Å². The first kappa shape index (κ1) is 26.0. The summed E-state index contributed by atoms with van der Waals surface area (Å²) < 4.78 is 17.8. The maximum atomic E-state index is 11.6. The number of carboxylic acids is 1. The van der Waals surface area contributed by atoms with Crippen LogP contribution in [0.2, 0.25) is 0 Å². The summed E-state index contributed by atoms with van der Waals surface area (Å²) in [6.45, 7) is 7.46. The highest BCUT2D eigenvalue weighted by atomic mass is 16.5. The lowest BCUT2D eigenvalue weighted by molar-refractivity contribution is -0.152. The molecule has 4 rings (SSSR count). The summed E-state index contributed by atoms with van der Waals surface area (Å²) in [6, 6.07) is 24.0. The van der Waals surface area contributed by atoms with Gasteiger partial charge in [0.25, 0.3) is 0 Å². The lowest BCUT2D eigenvalue weighted by Gasteiger charge is -2.24. The largest absolute Gasteiger partial charge is 0.493 e. The zero-order valence-electron chi connectivity index (χ0n) is 21.8. The molecule has 37 heavy (non-hydrogen) atoms. The summed E-state index contributed by atoms with van der Waals surface area (Å²) in [7, 11) is 0. The van der Waals surface area contributed by atoms with Crippen molar-refractivity contribution in [1.82, 2.24) is 4.98 Å². The van der Waals surface area contributed by atoms with Gasteiger partial charge in [0.1, 0.15) is 17.3 Å². The minimum Gasteiger partial charge on any atom is -0.493 e. The quantitative estimate of drug-likeness (QED) is 0.236. The molecule has 6 nitrogen and oxygen atoms in total. The second-order valence-electron chi connectivity index (χ2n) is 9.50. The molecule has 0 saturated heterocycles. The highest BCUT2D eigenvalue weighted by Gasteiger charge is 2.30. The normalized spacial score (nSPS) is 11.4. The van der Waals surface area contributed by atoms with Gasteiger partial charge in [0, 0.05) is 18.1 Å².